The first-order chi connectivity index (χ1) is 7.45. The van der Waals surface area contributed by atoms with Crippen LogP contribution >= 0.6 is 0 Å². The Hall–Kier alpha value is -1.32. The van der Waals surface area contributed by atoms with Crippen molar-refractivity contribution in [2.24, 2.45) is 5.92 Å². The number of carbonyl (C=O) groups excluding carboxylic acids is 1. The average Bonchev–Trinajstić information content (AvgIpc) is 2.25. The first-order valence-corrected chi connectivity index (χ1v) is 5.10. The summed E-state index contributed by atoms with van der Waals surface area (Å²) >= 11 is 0. The van der Waals surface area contributed by atoms with Gasteiger partial charge in [0, 0.05) is 12.0 Å². The minimum absolute atomic E-state index is 0.0674. The third-order valence-electron chi connectivity index (χ3n) is 2.48. The van der Waals surface area contributed by atoms with Gasteiger partial charge in [-0.05, 0) is 6.42 Å². The molecule has 0 saturated carbocycles. The summed E-state index contributed by atoms with van der Waals surface area (Å²) in [5.74, 6) is -2.00. The van der Waals surface area contributed by atoms with Gasteiger partial charge in [0.2, 0.25) is 0 Å². The number of hydrogen-bond donors (Lipinski definition) is 0. The molecule has 0 radical (unpaired) electrons. The van der Waals surface area contributed by atoms with Gasteiger partial charge in [0.1, 0.15) is 0 Å². The molecule has 0 N–H and O–H groups in total. The predicted octanol–water partition coefficient (Wildman–Crippen LogP) is 3.85. The maximum atomic E-state index is 12.4. The molecule has 1 rings (SSSR count). The van der Waals surface area contributed by atoms with Gasteiger partial charge >= 0.3 is 6.18 Å². The third-order valence-corrected chi connectivity index (χ3v) is 2.48. The van der Waals surface area contributed by atoms with E-state index in [1.54, 1.807) is 18.2 Å². The monoisotopic (exact) mass is 230 g/mol. The van der Waals surface area contributed by atoms with Crippen molar-refractivity contribution in [3.05, 3.63) is 35.9 Å². The minimum Gasteiger partial charge on any atom is -0.294 e. The molecule has 4 heteroatoms. The van der Waals surface area contributed by atoms with E-state index >= 15 is 0 Å². The van der Waals surface area contributed by atoms with E-state index in [1.165, 1.54) is 19.1 Å². The van der Waals surface area contributed by atoms with Crippen molar-refractivity contribution in [1.82, 2.24) is 0 Å². The van der Waals surface area contributed by atoms with Crippen LogP contribution in [0.15, 0.2) is 30.3 Å². The van der Waals surface area contributed by atoms with Crippen LogP contribution in [0.2, 0.25) is 0 Å². The molecule has 0 aliphatic carbocycles. The zero-order valence-electron chi connectivity index (χ0n) is 8.92. The molecular weight excluding hydrogens is 217 g/mol. The predicted molar refractivity (Wildman–Crippen MR) is 55.2 cm³/mol. The fraction of sp³-hybridized carbons (Fsp3) is 0.417. The van der Waals surface area contributed by atoms with E-state index in [4.69, 9.17) is 0 Å². The molecule has 1 unspecified atom stereocenters. The lowest BCUT2D eigenvalue weighted by molar-refractivity contribution is -0.174. The average molecular weight is 230 g/mol. The Kier molecular flexibility index (Phi) is 4.10. The van der Waals surface area contributed by atoms with Crippen molar-refractivity contribution >= 4 is 5.78 Å². The van der Waals surface area contributed by atoms with Crippen LogP contribution in [-0.4, -0.2) is 12.0 Å². The first-order valence-electron chi connectivity index (χ1n) is 5.10. The molecule has 1 atom stereocenters. The lowest BCUT2D eigenvalue weighted by Crippen LogP contribution is -2.25. The largest absolute Gasteiger partial charge is 0.392 e. The van der Waals surface area contributed by atoms with Gasteiger partial charge in [-0.25, -0.2) is 0 Å². The van der Waals surface area contributed by atoms with Crippen molar-refractivity contribution in [3.8, 4) is 0 Å². The fourth-order valence-electron chi connectivity index (χ4n) is 1.46. The third kappa shape index (κ3) is 3.36. The molecule has 0 aliphatic rings. The highest BCUT2D eigenvalue weighted by Crippen LogP contribution is 2.32. The van der Waals surface area contributed by atoms with Gasteiger partial charge in [0.05, 0.1) is 5.92 Å². The molecular formula is C12H13F3O. The minimum atomic E-state index is -4.29. The van der Waals surface area contributed by atoms with Crippen LogP contribution in [0.1, 0.15) is 30.1 Å². The quantitative estimate of drug-likeness (QED) is 0.718. The number of alkyl halides is 3. The molecule has 0 aliphatic heterocycles. The Bertz CT molecular complexity index is 343. The van der Waals surface area contributed by atoms with Crippen LogP contribution in [-0.2, 0) is 0 Å². The molecule has 0 aromatic heterocycles. The lowest BCUT2D eigenvalue weighted by Gasteiger charge is -2.17. The van der Waals surface area contributed by atoms with Crippen LogP contribution in [0.25, 0.3) is 0 Å². The molecule has 1 aromatic rings. The zero-order chi connectivity index (χ0) is 12.2. The smallest absolute Gasteiger partial charge is 0.294 e. The summed E-state index contributed by atoms with van der Waals surface area (Å²) in [7, 11) is 0. The zero-order valence-corrected chi connectivity index (χ0v) is 8.92. The van der Waals surface area contributed by atoms with Gasteiger partial charge in [-0.2, -0.15) is 13.2 Å². The summed E-state index contributed by atoms with van der Waals surface area (Å²) in [6, 6.07) is 8.07. The summed E-state index contributed by atoms with van der Waals surface area (Å²) in [5, 5.41) is 0. The Morgan fingerprint density at radius 1 is 1.25 bits per heavy atom. The van der Waals surface area contributed by atoms with Crippen molar-refractivity contribution in [1.29, 1.82) is 0 Å². The van der Waals surface area contributed by atoms with Crippen LogP contribution in [0.3, 0.4) is 0 Å². The number of Topliss-reactive ketones (excluding diaryl/α,β-unsaturated/α-hetero) is 1. The molecule has 0 amide bonds. The van der Waals surface area contributed by atoms with Crippen LogP contribution in [0, 0.1) is 5.92 Å². The second kappa shape index (κ2) is 5.14. The molecule has 1 nitrogen and oxygen atoms in total. The van der Waals surface area contributed by atoms with E-state index in [2.05, 4.69) is 0 Å². The van der Waals surface area contributed by atoms with Gasteiger partial charge < -0.3 is 0 Å². The van der Waals surface area contributed by atoms with E-state index in [0.717, 1.165) is 0 Å². The Labute approximate surface area is 92.3 Å². The van der Waals surface area contributed by atoms with Gasteiger partial charge in [-0.3, -0.25) is 4.79 Å². The standard InChI is InChI=1S/C12H13F3O/c1-2-10(12(13,14)15)8-11(16)9-6-4-3-5-7-9/h3-7,10H,2,8H2,1H3. The molecule has 0 saturated heterocycles. The SMILES string of the molecule is CCC(CC(=O)c1ccccc1)C(F)(F)F. The number of ketones is 1. The van der Waals surface area contributed by atoms with Gasteiger partial charge in [0.15, 0.2) is 5.78 Å². The van der Waals surface area contributed by atoms with Gasteiger partial charge in [0.25, 0.3) is 0 Å². The fourth-order valence-corrected chi connectivity index (χ4v) is 1.46. The molecule has 0 heterocycles. The maximum absolute atomic E-state index is 12.4. The summed E-state index contributed by atoms with van der Waals surface area (Å²) in [4.78, 5) is 11.6. The highest BCUT2D eigenvalue weighted by atomic mass is 19.4. The number of rotatable bonds is 4. The van der Waals surface area contributed by atoms with E-state index < -0.39 is 24.3 Å². The highest BCUT2D eigenvalue weighted by molar-refractivity contribution is 5.96. The van der Waals surface area contributed by atoms with E-state index in [9.17, 15) is 18.0 Å². The second-order valence-corrected chi connectivity index (χ2v) is 3.64. The molecule has 16 heavy (non-hydrogen) atoms. The number of carbonyl (C=O) groups is 1. The van der Waals surface area contributed by atoms with E-state index in [1.807, 2.05) is 0 Å². The van der Waals surface area contributed by atoms with Crippen molar-refractivity contribution in [3.63, 3.8) is 0 Å². The molecule has 0 fully saturated rings. The molecule has 88 valence electrons. The summed E-state index contributed by atoms with van der Waals surface area (Å²) in [5.41, 5.74) is 0.338. The van der Waals surface area contributed by atoms with E-state index in [-0.39, 0.29) is 6.42 Å². The Balaban J connectivity index is 2.71. The Morgan fingerprint density at radius 2 is 1.81 bits per heavy atom. The van der Waals surface area contributed by atoms with Crippen molar-refractivity contribution < 1.29 is 18.0 Å². The topological polar surface area (TPSA) is 17.1 Å². The highest BCUT2D eigenvalue weighted by Gasteiger charge is 2.39. The molecule has 0 bridgehead atoms. The van der Waals surface area contributed by atoms with Crippen molar-refractivity contribution in [2.75, 3.05) is 0 Å². The second-order valence-electron chi connectivity index (χ2n) is 3.64. The van der Waals surface area contributed by atoms with Crippen LogP contribution < -0.4 is 0 Å². The summed E-state index contributed by atoms with van der Waals surface area (Å²) < 4.78 is 37.3. The maximum Gasteiger partial charge on any atom is 0.392 e. The number of benzene rings is 1. The number of hydrogen-bond acceptors (Lipinski definition) is 1. The van der Waals surface area contributed by atoms with Crippen molar-refractivity contribution in [2.45, 2.75) is 25.9 Å². The summed E-state index contributed by atoms with van der Waals surface area (Å²) in [6.07, 6.45) is -4.83. The molecule has 1 aromatic carbocycles. The van der Waals surface area contributed by atoms with E-state index in [0.29, 0.717) is 5.56 Å². The first kappa shape index (κ1) is 12.7. The summed E-state index contributed by atoms with van der Waals surface area (Å²) in [6.45, 7) is 1.44. The van der Waals surface area contributed by atoms with Gasteiger partial charge in [-0.15, -0.1) is 0 Å². The lowest BCUT2D eigenvalue weighted by atomic mass is 9.95. The number of halogens is 3. The normalized spacial score (nSPS) is 13.5. The van der Waals surface area contributed by atoms with Gasteiger partial charge in [-0.1, -0.05) is 37.3 Å². The molecule has 0 spiro atoms. The Morgan fingerprint density at radius 3 is 2.25 bits per heavy atom. The van der Waals surface area contributed by atoms with Crippen LogP contribution in [0.4, 0.5) is 13.2 Å². The van der Waals surface area contributed by atoms with Crippen LogP contribution in [0.5, 0.6) is 0 Å².